The first-order valence-corrected chi connectivity index (χ1v) is 6.84. The lowest BCUT2D eigenvalue weighted by Crippen LogP contribution is -1.97. The fraction of sp³-hybridized carbons (Fsp3) is 0.0769. The molecule has 0 unspecified atom stereocenters. The van der Waals surface area contributed by atoms with Gasteiger partial charge in [0.25, 0.3) is 5.69 Å². The van der Waals surface area contributed by atoms with Gasteiger partial charge in [0.1, 0.15) is 12.1 Å². The van der Waals surface area contributed by atoms with Crippen molar-refractivity contribution in [2.75, 3.05) is 12.4 Å². The molecule has 0 aliphatic carbocycles. The van der Waals surface area contributed by atoms with Crippen LogP contribution >= 0.6 is 23.7 Å². The summed E-state index contributed by atoms with van der Waals surface area (Å²) in [4.78, 5) is 18.8. The molecule has 0 atom stereocenters. The second-order valence-corrected chi connectivity index (χ2v) is 5.08. The van der Waals surface area contributed by atoms with Crippen molar-refractivity contribution in [1.29, 1.82) is 0 Å². The number of halogens is 1. The first-order chi connectivity index (χ1) is 10.2. The molecule has 0 bridgehead atoms. The van der Waals surface area contributed by atoms with Crippen LogP contribution in [0.3, 0.4) is 0 Å². The van der Waals surface area contributed by atoms with Gasteiger partial charge in [0.15, 0.2) is 5.82 Å². The number of ether oxygens (including phenoxy) is 1. The number of hydrogen-bond donors (Lipinski definition) is 1. The summed E-state index contributed by atoms with van der Waals surface area (Å²) >= 11 is 1.50. The van der Waals surface area contributed by atoms with E-state index in [-0.39, 0.29) is 18.1 Å². The number of thiophene rings is 1. The SMILES string of the molecule is COc1cc(Nc2ncnc3ccsc23)cc([N+](=O)[O-])c1.Cl. The number of rotatable bonds is 4. The lowest BCUT2D eigenvalue weighted by molar-refractivity contribution is -0.384. The van der Waals surface area contributed by atoms with E-state index in [0.29, 0.717) is 17.3 Å². The number of fused-ring (bicyclic) bond motifs is 1. The molecule has 1 aromatic carbocycles. The molecule has 0 saturated heterocycles. The third-order valence-electron chi connectivity index (χ3n) is 2.84. The van der Waals surface area contributed by atoms with Crippen molar-refractivity contribution in [2.24, 2.45) is 0 Å². The van der Waals surface area contributed by atoms with Gasteiger partial charge in [-0.15, -0.1) is 23.7 Å². The van der Waals surface area contributed by atoms with E-state index in [4.69, 9.17) is 4.74 Å². The largest absolute Gasteiger partial charge is 0.496 e. The first-order valence-electron chi connectivity index (χ1n) is 5.96. The Balaban J connectivity index is 0.00000176. The normalized spacial score (nSPS) is 10.0. The molecule has 1 N–H and O–H groups in total. The highest BCUT2D eigenvalue weighted by atomic mass is 35.5. The summed E-state index contributed by atoms with van der Waals surface area (Å²) in [6.45, 7) is 0. The minimum atomic E-state index is -0.464. The van der Waals surface area contributed by atoms with Gasteiger partial charge in [-0.05, 0) is 11.4 Å². The summed E-state index contributed by atoms with van der Waals surface area (Å²) < 4.78 is 5.97. The average molecular weight is 339 g/mol. The number of aromatic nitrogens is 2. The van der Waals surface area contributed by atoms with Gasteiger partial charge in [-0.25, -0.2) is 9.97 Å². The van der Waals surface area contributed by atoms with Crippen molar-refractivity contribution in [2.45, 2.75) is 0 Å². The van der Waals surface area contributed by atoms with E-state index in [1.807, 2.05) is 11.4 Å². The molecule has 114 valence electrons. The van der Waals surface area contributed by atoms with Crippen molar-refractivity contribution in [3.05, 3.63) is 46.1 Å². The molecule has 3 aromatic rings. The lowest BCUT2D eigenvalue weighted by atomic mass is 10.2. The number of anilines is 2. The highest BCUT2D eigenvalue weighted by Crippen LogP contribution is 2.31. The van der Waals surface area contributed by atoms with E-state index in [1.54, 1.807) is 6.07 Å². The zero-order valence-corrected chi connectivity index (χ0v) is 13.0. The van der Waals surface area contributed by atoms with Crippen molar-refractivity contribution in [1.82, 2.24) is 9.97 Å². The highest BCUT2D eigenvalue weighted by Gasteiger charge is 2.12. The Labute approximate surface area is 135 Å². The van der Waals surface area contributed by atoms with Crippen LogP contribution in [0.1, 0.15) is 0 Å². The number of nitro benzene ring substituents is 1. The standard InChI is InChI=1S/C13H10N4O3S.ClH/c1-20-10-5-8(4-9(6-10)17(18)19)16-13-12-11(2-3-21-12)14-7-15-13;/h2-7H,1H3,(H,14,15,16);1H. The van der Waals surface area contributed by atoms with E-state index in [2.05, 4.69) is 15.3 Å². The van der Waals surface area contributed by atoms with Crippen molar-refractivity contribution in [3.63, 3.8) is 0 Å². The number of benzene rings is 1. The molecule has 0 fully saturated rings. The number of non-ortho nitro benzene ring substituents is 1. The van der Waals surface area contributed by atoms with E-state index in [0.717, 1.165) is 10.2 Å². The minimum absolute atomic E-state index is 0. The molecule has 9 heteroatoms. The molecule has 0 saturated carbocycles. The Morgan fingerprint density at radius 3 is 2.86 bits per heavy atom. The van der Waals surface area contributed by atoms with Crippen LogP contribution in [0.5, 0.6) is 5.75 Å². The molecule has 7 nitrogen and oxygen atoms in total. The topological polar surface area (TPSA) is 90.2 Å². The predicted octanol–water partition coefficient (Wildman–Crippen LogP) is 3.77. The molecule has 0 aliphatic rings. The fourth-order valence-electron chi connectivity index (χ4n) is 1.89. The number of nitro groups is 1. The number of methoxy groups -OCH3 is 1. The number of nitrogens with zero attached hydrogens (tertiary/aromatic N) is 3. The smallest absolute Gasteiger partial charge is 0.275 e. The molecular formula is C13H11ClN4O3S. The van der Waals surface area contributed by atoms with E-state index in [9.17, 15) is 10.1 Å². The maximum atomic E-state index is 10.9. The molecule has 0 spiro atoms. The van der Waals surface area contributed by atoms with Crippen molar-refractivity contribution in [3.8, 4) is 5.75 Å². The van der Waals surface area contributed by atoms with Gasteiger partial charge < -0.3 is 10.1 Å². The summed E-state index contributed by atoms with van der Waals surface area (Å²) in [5.41, 5.74) is 1.32. The fourth-order valence-corrected chi connectivity index (χ4v) is 2.68. The maximum Gasteiger partial charge on any atom is 0.275 e. The molecular weight excluding hydrogens is 328 g/mol. The zero-order valence-electron chi connectivity index (χ0n) is 11.3. The average Bonchev–Trinajstić information content (AvgIpc) is 2.96. The van der Waals surface area contributed by atoms with Gasteiger partial charge in [0.05, 0.1) is 34.0 Å². The van der Waals surface area contributed by atoms with Crippen LogP contribution < -0.4 is 10.1 Å². The predicted molar refractivity (Wildman–Crippen MR) is 87.6 cm³/mol. The lowest BCUT2D eigenvalue weighted by Gasteiger charge is -2.08. The Morgan fingerprint density at radius 1 is 1.32 bits per heavy atom. The molecule has 3 rings (SSSR count). The second kappa shape index (κ2) is 6.54. The van der Waals surface area contributed by atoms with Crippen LogP contribution in [0, 0.1) is 10.1 Å². The highest BCUT2D eigenvalue weighted by molar-refractivity contribution is 7.17. The van der Waals surface area contributed by atoms with Gasteiger partial charge in [0, 0.05) is 12.1 Å². The Morgan fingerprint density at radius 2 is 2.14 bits per heavy atom. The minimum Gasteiger partial charge on any atom is -0.496 e. The summed E-state index contributed by atoms with van der Waals surface area (Å²) in [6.07, 6.45) is 1.45. The Bertz CT molecular complexity index is 824. The van der Waals surface area contributed by atoms with Gasteiger partial charge >= 0.3 is 0 Å². The van der Waals surface area contributed by atoms with Crippen LogP contribution in [0.25, 0.3) is 10.2 Å². The zero-order chi connectivity index (χ0) is 14.8. The third-order valence-corrected chi connectivity index (χ3v) is 3.75. The van der Waals surface area contributed by atoms with Crippen molar-refractivity contribution >= 4 is 51.2 Å². The molecule has 0 radical (unpaired) electrons. The van der Waals surface area contributed by atoms with Crippen LogP contribution in [-0.4, -0.2) is 22.0 Å². The molecule has 2 aromatic heterocycles. The quantitative estimate of drug-likeness (QED) is 0.575. The molecule has 2 heterocycles. The summed E-state index contributed by atoms with van der Waals surface area (Å²) in [7, 11) is 1.46. The van der Waals surface area contributed by atoms with Gasteiger partial charge in [-0.3, -0.25) is 10.1 Å². The molecule has 0 amide bonds. The molecule has 22 heavy (non-hydrogen) atoms. The summed E-state index contributed by atoms with van der Waals surface area (Å²) in [5, 5.41) is 15.9. The second-order valence-electron chi connectivity index (χ2n) is 4.16. The van der Waals surface area contributed by atoms with Crippen LogP contribution in [0.15, 0.2) is 36.0 Å². The van der Waals surface area contributed by atoms with Crippen LogP contribution in [0.2, 0.25) is 0 Å². The van der Waals surface area contributed by atoms with Gasteiger partial charge in [0.2, 0.25) is 0 Å². The third kappa shape index (κ3) is 3.07. The van der Waals surface area contributed by atoms with E-state index >= 15 is 0 Å². The van der Waals surface area contributed by atoms with Gasteiger partial charge in [-0.2, -0.15) is 0 Å². The van der Waals surface area contributed by atoms with Gasteiger partial charge in [-0.1, -0.05) is 0 Å². The van der Waals surface area contributed by atoms with E-state index < -0.39 is 4.92 Å². The first kappa shape index (κ1) is 15.9. The number of nitrogens with one attached hydrogen (secondary N) is 1. The van der Waals surface area contributed by atoms with Crippen LogP contribution in [-0.2, 0) is 0 Å². The maximum absolute atomic E-state index is 10.9. The van der Waals surface area contributed by atoms with Crippen LogP contribution in [0.4, 0.5) is 17.2 Å². The Kier molecular flexibility index (Phi) is 4.74. The van der Waals surface area contributed by atoms with E-state index in [1.165, 1.54) is 36.9 Å². The number of hydrogen-bond acceptors (Lipinski definition) is 7. The molecule has 0 aliphatic heterocycles. The Hall–Kier alpha value is -2.45. The van der Waals surface area contributed by atoms with Crippen molar-refractivity contribution < 1.29 is 9.66 Å². The summed E-state index contributed by atoms with van der Waals surface area (Å²) in [6, 6.07) is 6.37. The monoisotopic (exact) mass is 338 g/mol. The summed E-state index contributed by atoms with van der Waals surface area (Å²) in [5.74, 6) is 1.01.